The van der Waals surface area contributed by atoms with Crippen LogP contribution in [0.2, 0.25) is 0 Å². The number of nitrogens with zero attached hydrogens (tertiary/aromatic N) is 4. The van der Waals surface area contributed by atoms with Crippen molar-refractivity contribution in [3.8, 4) is 28.7 Å². The summed E-state index contributed by atoms with van der Waals surface area (Å²) in [7, 11) is 3.56. The number of ether oxygens (including phenoxy) is 3. The first-order valence-corrected chi connectivity index (χ1v) is 9.01. The lowest BCUT2D eigenvalue weighted by molar-refractivity contribution is 0.171. The van der Waals surface area contributed by atoms with Gasteiger partial charge in [-0.3, -0.25) is 4.90 Å². The standard InChI is InChI=1S/C19H22N4O5/c1-5-17-21-16(22-28-17)9-23(3)8-13-11(2)27-19(20-13)12-6-14(24-4)18-15(7-12)25-10-26-18/h6-7H,5,8-10H2,1-4H3. The Morgan fingerprint density at radius 3 is 2.79 bits per heavy atom. The molecule has 4 rings (SSSR count). The summed E-state index contributed by atoms with van der Waals surface area (Å²) >= 11 is 0. The van der Waals surface area contributed by atoms with Crippen molar-refractivity contribution in [2.45, 2.75) is 33.4 Å². The van der Waals surface area contributed by atoms with Crippen molar-refractivity contribution >= 4 is 0 Å². The van der Waals surface area contributed by atoms with Crippen molar-refractivity contribution < 1.29 is 23.2 Å². The third-order valence-corrected chi connectivity index (χ3v) is 4.44. The van der Waals surface area contributed by atoms with Gasteiger partial charge in [-0.05, 0) is 26.1 Å². The average Bonchev–Trinajstić information content (AvgIpc) is 3.41. The number of oxazole rings is 1. The van der Waals surface area contributed by atoms with Crippen LogP contribution in [-0.2, 0) is 19.5 Å². The Morgan fingerprint density at radius 2 is 2.04 bits per heavy atom. The molecule has 1 aliphatic heterocycles. The predicted octanol–water partition coefficient (Wildman–Crippen LogP) is 2.96. The van der Waals surface area contributed by atoms with Gasteiger partial charge >= 0.3 is 0 Å². The van der Waals surface area contributed by atoms with E-state index in [1.165, 1.54) is 0 Å². The smallest absolute Gasteiger partial charge is 0.231 e. The van der Waals surface area contributed by atoms with E-state index in [9.17, 15) is 0 Å². The van der Waals surface area contributed by atoms with Crippen molar-refractivity contribution in [1.29, 1.82) is 0 Å². The number of aromatic nitrogens is 3. The average molecular weight is 386 g/mol. The van der Waals surface area contributed by atoms with E-state index in [1.807, 2.05) is 33.0 Å². The van der Waals surface area contributed by atoms with Crippen LogP contribution < -0.4 is 14.2 Å². The molecule has 0 N–H and O–H groups in total. The highest BCUT2D eigenvalue weighted by Crippen LogP contribution is 2.44. The van der Waals surface area contributed by atoms with Gasteiger partial charge in [0.2, 0.25) is 24.3 Å². The van der Waals surface area contributed by atoms with Crippen LogP contribution >= 0.6 is 0 Å². The number of aryl methyl sites for hydroxylation is 2. The van der Waals surface area contributed by atoms with Gasteiger partial charge in [0.05, 0.1) is 19.3 Å². The van der Waals surface area contributed by atoms with Gasteiger partial charge in [-0.1, -0.05) is 12.1 Å². The maximum atomic E-state index is 5.89. The zero-order valence-electron chi connectivity index (χ0n) is 16.3. The van der Waals surface area contributed by atoms with Crippen LogP contribution in [0.1, 0.15) is 30.1 Å². The second kappa shape index (κ2) is 7.51. The molecule has 1 aromatic carbocycles. The third-order valence-electron chi connectivity index (χ3n) is 4.44. The largest absolute Gasteiger partial charge is 0.493 e. The highest BCUT2D eigenvalue weighted by molar-refractivity contribution is 5.66. The second-order valence-corrected chi connectivity index (χ2v) is 6.56. The fourth-order valence-corrected chi connectivity index (χ4v) is 3.00. The fourth-order valence-electron chi connectivity index (χ4n) is 3.00. The molecule has 0 radical (unpaired) electrons. The molecular formula is C19H22N4O5. The molecule has 1 aliphatic rings. The van der Waals surface area contributed by atoms with Gasteiger partial charge in [0.25, 0.3) is 0 Å². The molecule has 9 heteroatoms. The minimum Gasteiger partial charge on any atom is -0.493 e. The van der Waals surface area contributed by atoms with E-state index >= 15 is 0 Å². The minimum atomic E-state index is 0.172. The molecule has 0 atom stereocenters. The van der Waals surface area contributed by atoms with E-state index in [4.69, 9.17) is 23.2 Å². The Kier molecular flexibility index (Phi) is 4.91. The Labute approximate surface area is 162 Å². The molecule has 28 heavy (non-hydrogen) atoms. The van der Waals surface area contributed by atoms with Gasteiger partial charge < -0.3 is 23.2 Å². The van der Waals surface area contributed by atoms with Crippen molar-refractivity contribution in [3.05, 3.63) is 35.3 Å². The summed E-state index contributed by atoms with van der Waals surface area (Å²) in [5, 5.41) is 3.98. The van der Waals surface area contributed by atoms with E-state index < -0.39 is 0 Å². The summed E-state index contributed by atoms with van der Waals surface area (Å²) in [5.41, 5.74) is 1.61. The maximum absolute atomic E-state index is 5.89. The van der Waals surface area contributed by atoms with Crippen LogP contribution in [-0.4, -0.2) is 41.0 Å². The zero-order valence-corrected chi connectivity index (χ0v) is 16.3. The highest BCUT2D eigenvalue weighted by atomic mass is 16.7. The Balaban J connectivity index is 1.52. The van der Waals surface area contributed by atoms with Crippen LogP contribution in [0, 0.1) is 6.92 Å². The first-order chi connectivity index (χ1) is 13.6. The molecule has 0 amide bonds. The number of methoxy groups -OCH3 is 1. The SMILES string of the molecule is CCc1nc(CN(C)Cc2nc(-c3cc(OC)c4c(c3)OCO4)oc2C)no1. The Bertz CT molecular complexity index is 981. The molecule has 0 spiro atoms. The Hall–Kier alpha value is -3.07. The predicted molar refractivity (Wildman–Crippen MR) is 98.2 cm³/mol. The lowest BCUT2D eigenvalue weighted by Gasteiger charge is -2.12. The van der Waals surface area contributed by atoms with Crippen LogP contribution in [0.3, 0.4) is 0 Å². The molecule has 148 valence electrons. The summed E-state index contributed by atoms with van der Waals surface area (Å²) < 4.78 is 27.4. The number of benzene rings is 1. The normalized spacial score (nSPS) is 12.8. The summed E-state index contributed by atoms with van der Waals surface area (Å²) in [6.45, 7) is 5.20. The molecule has 0 saturated carbocycles. The first-order valence-electron chi connectivity index (χ1n) is 9.01. The Morgan fingerprint density at radius 1 is 1.18 bits per heavy atom. The van der Waals surface area contributed by atoms with E-state index in [2.05, 4.69) is 20.0 Å². The minimum absolute atomic E-state index is 0.172. The third kappa shape index (κ3) is 3.53. The molecule has 0 saturated heterocycles. The molecule has 0 bridgehead atoms. The summed E-state index contributed by atoms with van der Waals surface area (Å²) in [6.07, 6.45) is 0.724. The topological polar surface area (TPSA) is 95.9 Å². The van der Waals surface area contributed by atoms with E-state index in [1.54, 1.807) is 7.11 Å². The summed E-state index contributed by atoms with van der Waals surface area (Å²) in [6, 6.07) is 3.67. The molecule has 3 heterocycles. The lowest BCUT2D eigenvalue weighted by atomic mass is 10.2. The molecule has 0 aliphatic carbocycles. The summed E-state index contributed by atoms with van der Waals surface area (Å²) in [4.78, 5) is 11.0. The quantitative estimate of drug-likeness (QED) is 0.607. The number of hydrogen-bond donors (Lipinski definition) is 0. The number of fused-ring (bicyclic) bond motifs is 1. The van der Waals surface area contributed by atoms with Gasteiger partial charge in [-0.2, -0.15) is 4.98 Å². The van der Waals surface area contributed by atoms with E-state index in [0.717, 1.165) is 23.4 Å². The monoisotopic (exact) mass is 386 g/mol. The molecule has 0 fully saturated rings. The maximum Gasteiger partial charge on any atom is 0.231 e. The molecule has 0 unspecified atom stereocenters. The summed E-state index contributed by atoms with van der Waals surface area (Å²) in [5.74, 6) is 4.35. The van der Waals surface area contributed by atoms with Gasteiger partial charge in [-0.15, -0.1) is 0 Å². The van der Waals surface area contributed by atoms with Gasteiger partial charge in [0, 0.05) is 18.5 Å². The van der Waals surface area contributed by atoms with E-state index in [-0.39, 0.29) is 6.79 Å². The fraction of sp³-hybridized carbons (Fsp3) is 0.421. The second-order valence-electron chi connectivity index (χ2n) is 6.56. The molecule has 3 aromatic rings. The van der Waals surface area contributed by atoms with Gasteiger partial charge in [0.1, 0.15) is 5.76 Å². The van der Waals surface area contributed by atoms with E-state index in [0.29, 0.717) is 47.9 Å². The van der Waals surface area contributed by atoms with Crippen molar-refractivity contribution in [1.82, 2.24) is 20.0 Å². The van der Waals surface area contributed by atoms with Crippen LogP contribution in [0.4, 0.5) is 0 Å². The highest BCUT2D eigenvalue weighted by Gasteiger charge is 2.23. The molecular weight excluding hydrogens is 364 g/mol. The van der Waals surface area contributed by atoms with Crippen LogP contribution in [0.25, 0.3) is 11.5 Å². The zero-order chi connectivity index (χ0) is 19.7. The van der Waals surface area contributed by atoms with Crippen LogP contribution in [0.15, 0.2) is 21.1 Å². The molecule has 2 aromatic heterocycles. The van der Waals surface area contributed by atoms with Gasteiger partial charge in [0.15, 0.2) is 17.3 Å². The van der Waals surface area contributed by atoms with Crippen molar-refractivity contribution in [3.63, 3.8) is 0 Å². The molecule has 9 nitrogen and oxygen atoms in total. The van der Waals surface area contributed by atoms with Gasteiger partial charge in [-0.25, -0.2) is 4.98 Å². The van der Waals surface area contributed by atoms with Crippen molar-refractivity contribution in [2.75, 3.05) is 21.0 Å². The number of hydrogen-bond acceptors (Lipinski definition) is 9. The first kappa shape index (κ1) is 18.3. The van der Waals surface area contributed by atoms with Crippen molar-refractivity contribution in [2.24, 2.45) is 0 Å². The van der Waals surface area contributed by atoms with Crippen LogP contribution in [0.5, 0.6) is 17.2 Å². The number of rotatable bonds is 7. The lowest BCUT2D eigenvalue weighted by Crippen LogP contribution is -2.18.